The molecule has 24 heavy (non-hydrogen) atoms. The monoisotopic (exact) mass is 341 g/mol. The third kappa shape index (κ3) is 3.38. The summed E-state index contributed by atoms with van der Waals surface area (Å²) in [4.78, 5) is 18.0. The van der Waals surface area contributed by atoms with Crippen molar-refractivity contribution in [3.63, 3.8) is 0 Å². The molecule has 0 saturated carbocycles. The number of carbonyl (C=O) groups is 1. The van der Waals surface area contributed by atoms with Gasteiger partial charge in [0.05, 0.1) is 12.0 Å². The highest BCUT2D eigenvalue weighted by Gasteiger charge is 2.20. The number of nitrogens with zero attached hydrogens (tertiary/aromatic N) is 3. The van der Waals surface area contributed by atoms with Gasteiger partial charge in [-0.3, -0.25) is 4.79 Å². The van der Waals surface area contributed by atoms with Crippen LogP contribution in [0.5, 0.6) is 6.01 Å². The van der Waals surface area contributed by atoms with E-state index in [9.17, 15) is 4.79 Å². The number of aromatic nitrogens is 3. The maximum absolute atomic E-state index is 12.8. The van der Waals surface area contributed by atoms with Gasteiger partial charge in [-0.25, -0.2) is 0 Å². The first-order valence-electron chi connectivity index (χ1n) is 7.91. The number of unbranched alkanes of at least 4 members (excludes halogenated alkanes) is 1. The van der Waals surface area contributed by atoms with E-state index in [1.165, 1.54) is 28.7 Å². The van der Waals surface area contributed by atoms with Crippen molar-refractivity contribution >= 4 is 17.2 Å². The third-order valence-electron chi connectivity index (χ3n) is 3.72. The molecule has 0 bridgehead atoms. The summed E-state index contributed by atoms with van der Waals surface area (Å²) in [7, 11) is 1.49. The van der Waals surface area contributed by atoms with E-state index in [1.807, 2.05) is 41.8 Å². The molecule has 124 valence electrons. The summed E-state index contributed by atoms with van der Waals surface area (Å²) in [6.45, 7) is 2.17. The van der Waals surface area contributed by atoms with Gasteiger partial charge in [0.2, 0.25) is 0 Å². The first-order valence-corrected chi connectivity index (χ1v) is 8.79. The Morgan fingerprint density at radius 1 is 1.25 bits per heavy atom. The minimum Gasteiger partial charge on any atom is -0.466 e. The summed E-state index contributed by atoms with van der Waals surface area (Å²) in [5.74, 6) is 0.290. The highest BCUT2D eigenvalue weighted by molar-refractivity contribution is 7.13. The lowest BCUT2D eigenvalue weighted by molar-refractivity contribution is 0.0945. The van der Waals surface area contributed by atoms with Crippen LogP contribution in [0, 0.1) is 0 Å². The highest BCUT2D eigenvalue weighted by atomic mass is 32.1. The lowest BCUT2D eigenvalue weighted by Crippen LogP contribution is -2.15. The molecule has 3 aromatic rings. The van der Waals surface area contributed by atoms with Gasteiger partial charge < -0.3 is 4.74 Å². The van der Waals surface area contributed by atoms with Crippen LogP contribution in [0.3, 0.4) is 0 Å². The molecule has 0 aliphatic rings. The second-order valence-corrected chi connectivity index (χ2v) is 6.36. The van der Waals surface area contributed by atoms with Crippen LogP contribution < -0.4 is 4.74 Å². The summed E-state index contributed by atoms with van der Waals surface area (Å²) in [6.07, 6.45) is 3.34. The number of ether oxygens (including phenoxy) is 1. The summed E-state index contributed by atoms with van der Waals surface area (Å²) in [5, 5.41) is 6.11. The van der Waals surface area contributed by atoms with Gasteiger partial charge in [0.15, 0.2) is 5.82 Å². The molecule has 2 aromatic heterocycles. The summed E-state index contributed by atoms with van der Waals surface area (Å²) < 4.78 is 6.40. The summed E-state index contributed by atoms with van der Waals surface area (Å²) in [6, 6.07) is 11.7. The Morgan fingerprint density at radius 3 is 2.67 bits per heavy atom. The molecule has 0 aliphatic heterocycles. The second kappa shape index (κ2) is 7.40. The van der Waals surface area contributed by atoms with Crippen LogP contribution >= 0.6 is 11.3 Å². The van der Waals surface area contributed by atoms with Crippen LogP contribution in [-0.4, -0.2) is 27.8 Å². The number of benzene rings is 1. The standard InChI is InChI=1S/C18H19N3O2S/c1-3-4-6-13-8-10-14(11-9-13)17(22)21-16(15-7-5-12-24-15)19-18(20-21)23-2/h5,7-12H,3-4,6H2,1-2H3. The van der Waals surface area contributed by atoms with Crippen LogP contribution in [-0.2, 0) is 6.42 Å². The van der Waals surface area contributed by atoms with Gasteiger partial charge in [-0.2, -0.15) is 9.67 Å². The van der Waals surface area contributed by atoms with Crippen LogP contribution in [0.2, 0.25) is 0 Å². The van der Waals surface area contributed by atoms with Gasteiger partial charge in [-0.05, 0) is 42.0 Å². The Hall–Kier alpha value is -2.47. The molecule has 0 atom stereocenters. The zero-order valence-electron chi connectivity index (χ0n) is 13.7. The molecule has 0 amide bonds. The van der Waals surface area contributed by atoms with E-state index in [2.05, 4.69) is 17.0 Å². The third-order valence-corrected chi connectivity index (χ3v) is 4.59. The van der Waals surface area contributed by atoms with Crippen molar-refractivity contribution in [2.24, 2.45) is 0 Å². The lowest BCUT2D eigenvalue weighted by atomic mass is 10.1. The van der Waals surface area contributed by atoms with Gasteiger partial charge in [0.25, 0.3) is 5.91 Å². The first kappa shape index (κ1) is 16.4. The number of rotatable bonds is 6. The van der Waals surface area contributed by atoms with Crippen molar-refractivity contribution in [3.8, 4) is 16.7 Å². The van der Waals surface area contributed by atoms with Crippen LogP contribution in [0.1, 0.15) is 35.7 Å². The van der Waals surface area contributed by atoms with Crippen molar-refractivity contribution < 1.29 is 9.53 Å². The number of thiophene rings is 1. The van der Waals surface area contributed by atoms with E-state index >= 15 is 0 Å². The minimum atomic E-state index is -0.212. The van der Waals surface area contributed by atoms with E-state index in [0.717, 1.165) is 24.1 Å². The van der Waals surface area contributed by atoms with Crippen molar-refractivity contribution in [1.82, 2.24) is 14.8 Å². The van der Waals surface area contributed by atoms with Gasteiger partial charge in [0.1, 0.15) is 0 Å². The highest BCUT2D eigenvalue weighted by Crippen LogP contribution is 2.25. The Morgan fingerprint density at radius 2 is 2.04 bits per heavy atom. The van der Waals surface area contributed by atoms with Crippen LogP contribution in [0.4, 0.5) is 0 Å². The number of aryl methyl sites for hydroxylation is 1. The number of hydrogen-bond acceptors (Lipinski definition) is 5. The fraction of sp³-hybridized carbons (Fsp3) is 0.278. The second-order valence-electron chi connectivity index (χ2n) is 5.42. The smallest absolute Gasteiger partial charge is 0.336 e. The van der Waals surface area contributed by atoms with E-state index in [1.54, 1.807) is 0 Å². The molecule has 0 radical (unpaired) electrons. The molecule has 0 aliphatic carbocycles. The summed E-state index contributed by atoms with van der Waals surface area (Å²) >= 11 is 1.51. The molecule has 0 saturated heterocycles. The van der Waals surface area contributed by atoms with Crippen LogP contribution in [0.15, 0.2) is 41.8 Å². The van der Waals surface area contributed by atoms with Crippen molar-refractivity contribution in [2.75, 3.05) is 7.11 Å². The van der Waals surface area contributed by atoms with Crippen molar-refractivity contribution in [2.45, 2.75) is 26.2 Å². The number of hydrogen-bond donors (Lipinski definition) is 0. The molecule has 0 fully saturated rings. The fourth-order valence-electron chi connectivity index (χ4n) is 2.40. The maximum Gasteiger partial charge on any atom is 0.336 e. The normalized spacial score (nSPS) is 10.8. The molecule has 5 nitrogen and oxygen atoms in total. The molecule has 1 aromatic carbocycles. The fourth-order valence-corrected chi connectivity index (χ4v) is 3.10. The molecule has 2 heterocycles. The topological polar surface area (TPSA) is 57.0 Å². The predicted octanol–water partition coefficient (Wildman–Crippen LogP) is 4.05. The predicted molar refractivity (Wildman–Crippen MR) is 94.7 cm³/mol. The quantitative estimate of drug-likeness (QED) is 0.679. The van der Waals surface area contributed by atoms with E-state index in [4.69, 9.17) is 4.74 Å². The zero-order chi connectivity index (χ0) is 16.9. The largest absolute Gasteiger partial charge is 0.466 e. The Kier molecular flexibility index (Phi) is 5.05. The molecule has 0 unspecified atom stereocenters. The number of carbonyl (C=O) groups excluding carboxylic acids is 1. The zero-order valence-corrected chi connectivity index (χ0v) is 14.5. The average molecular weight is 341 g/mol. The molecule has 6 heteroatoms. The first-order chi connectivity index (χ1) is 11.7. The van der Waals surface area contributed by atoms with Gasteiger partial charge in [0, 0.05) is 5.56 Å². The SMILES string of the molecule is CCCCc1ccc(C(=O)n2nc(OC)nc2-c2cccs2)cc1. The molecule has 0 N–H and O–H groups in total. The van der Waals surface area contributed by atoms with Crippen LogP contribution in [0.25, 0.3) is 10.7 Å². The maximum atomic E-state index is 12.8. The van der Waals surface area contributed by atoms with E-state index in [0.29, 0.717) is 11.4 Å². The Labute approximate surface area is 144 Å². The number of methoxy groups -OCH3 is 1. The average Bonchev–Trinajstić information content (AvgIpc) is 3.28. The van der Waals surface area contributed by atoms with Gasteiger partial charge in [-0.15, -0.1) is 16.4 Å². The minimum absolute atomic E-state index is 0.186. The molecule has 0 spiro atoms. The molecular formula is C18H19N3O2S. The molecule has 3 rings (SSSR count). The van der Waals surface area contributed by atoms with Gasteiger partial charge >= 0.3 is 6.01 Å². The van der Waals surface area contributed by atoms with Gasteiger partial charge in [-0.1, -0.05) is 31.5 Å². The Balaban J connectivity index is 1.91. The lowest BCUT2D eigenvalue weighted by Gasteiger charge is -2.05. The van der Waals surface area contributed by atoms with E-state index in [-0.39, 0.29) is 11.9 Å². The van der Waals surface area contributed by atoms with Crippen molar-refractivity contribution in [3.05, 3.63) is 52.9 Å². The summed E-state index contributed by atoms with van der Waals surface area (Å²) in [5.41, 5.74) is 1.82. The Bertz CT molecular complexity index is 807. The molecular weight excluding hydrogens is 322 g/mol. The van der Waals surface area contributed by atoms with E-state index < -0.39 is 0 Å². The van der Waals surface area contributed by atoms with Crippen molar-refractivity contribution in [1.29, 1.82) is 0 Å².